The largest absolute Gasteiger partial charge is 0.384 e. The van der Waals surface area contributed by atoms with Gasteiger partial charge in [-0.1, -0.05) is 48.5 Å². The standard InChI is InChI=1S/C18H20N2O/c19-18(20)17-4-2-1-3-16(17)15-9-7-14(8-10-15)12-21-11-13-5-6-13/h1-4,7-10,13H,5-6,11-12H2,(H3,19,20). The molecule has 1 saturated carbocycles. The summed E-state index contributed by atoms with van der Waals surface area (Å²) in [7, 11) is 0. The van der Waals surface area contributed by atoms with Gasteiger partial charge in [0.1, 0.15) is 5.84 Å². The van der Waals surface area contributed by atoms with Gasteiger partial charge in [0.05, 0.1) is 6.61 Å². The molecule has 21 heavy (non-hydrogen) atoms. The van der Waals surface area contributed by atoms with Crippen molar-refractivity contribution in [3.8, 4) is 11.1 Å². The molecule has 2 aromatic carbocycles. The molecule has 1 fully saturated rings. The predicted molar refractivity (Wildman–Crippen MR) is 85.3 cm³/mol. The Morgan fingerprint density at radius 2 is 1.81 bits per heavy atom. The summed E-state index contributed by atoms with van der Waals surface area (Å²) in [6.07, 6.45) is 2.64. The van der Waals surface area contributed by atoms with Crippen molar-refractivity contribution in [2.24, 2.45) is 11.7 Å². The van der Waals surface area contributed by atoms with Crippen molar-refractivity contribution in [1.82, 2.24) is 0 Å². The van der Waals surface area contributed by atoms with Gasteiger partial charge in [0.15, 0.2) is 0 Å². The van der Waals surface area contributed by atoms with Crippen molar-refractivity contribution in [2.45, 2.75) is 19.4 Å². The van der Waals surface area contributed by atoms with E-state index in [9.17, 15) is 0 Å². The Kier molecular flexibility index (Phi) is 4.02. The summed E-state index contributed by atoms with van der Waals surface area (Å²) < 4.78 is 5.70. The molecular formula is C18H20N2O. The van der Waals surface area contributed by atoms with Crippen molar-refractivity contribution in [3.63, 3.8) is 0 Å². The molecule has 3 rings (SSSR count). The van der Waals surface area contributed by atoms with Crippen LogP contribution in [0.5, 0.6) is 0 Å². The van der Waals surface area contributed by atoms with Gasteiger partial charge in [-0.15, -0.1) is 0 Å². The summed E-state index contributed by atoms with van der Waals surface area (Å²) in [6, 6.07) is 16.0. The van der Waals surface area contributed by atoms with E-state index in [2.05, 4.69) is 24.3 Å². The number of benzene rings is 2. The van der Waals surface area contributed by atoms with Crippen LogP contribution >= 0.6 is 0 Å². The lowest BCUT2D eigenvalue weighted by Gasteiger charge is -2.09. The topological polar surface area (TPSA) is 59.1 Å². The molecule has 0 aromatic heterocycles. The van der Waals surface area contributed by atoms with Crippen molar-refractivity contribution >= 4 is 5.84 Å². The maximum atomic E-state index is 7.66. The van der Waals surface area contributed by atoms with E-state index < -0.39 is 0 Å². The summed E-state index contributed by atoms with van der Waals surface area (Å²) >= 11 is 0. The first kappa shape index (κ1) is 13.8. The van der Waals surface area contributed by atoms with Crippen LogP contribution in [0.1, 0.15) is 24.0 Å². The molecule has 3 nitrogen and oxygen atoms in total. The third kappa shape index (κ3) is 3.50. The fraction of sp³-hybridized carbons (Fsp3) is 0.278. The minimum atomic E-state index is 0.0995. The monoisotopic (exact) mass is 280 g/mol. The van der Waals surface area contributed by atoms with E-state index in [4.69, 9.17) is 15.9 Å². The van der Waals surface area contributed by atoms with Crippen LogP contribution in [0.15, 0.2) is 48.5 Å². The molecule has 0 spiro atoms. The highest BCUT2D eigenvalue weighted by atomic mass is 16.5. The van der Waals surface area contributed by atoms with Crippen LogP contribution in [0, 0.1) is 11.3 Å². The Morgan fingerprint density at radius 3 is 2.48 bits per heavy atom. The summed E-state index contributed by atoms with van der Waals surface area (Å²) in [4.78, 5) is 0. The Bertz CT molecular complexity index is 630. The fourth-order valence-electron chi connectivity index (χ4n) is 2.38. The molecule has 3 heteroatoms. The molecule has 1 aliphatic carbocycles. The summed E-state index contributed by atoms with van der Waals surface area (Å²) in [5.74, 6) is 0.897. The molecule has 0 unspecified atom stereocenters. The van der Waals surface area contributed by atoms with Gasteiger partial charge in [0.25, 0.3) is 0 Å². The third-order valence-corrected chi connectivity index (χ3v) is 3.80. The lowest BCUT2D eigenvalue weighted by Crippen LogP contribution is -2.12. The number of nitrogen functional groups attached to an aromatic ring is 1. The lowest BCUT2D eigenvalue weighted by molar-refractivity contribution is 0.111. The number of nitrogens with one attached hydrogen (secondary N) is 1. The number of hydrogen-bond acceptors (Lipinski definition) is 2. The molecule has 0 atom stereocenters. The summed E-state index contributed by atoms with van der Waals surface area (Å²) in [6.45, 7) is 1.56. The normalized spacial score (nSPS) is 14.1. The molecule has 0 bridgehead atoms. The minimum Gasteiger partial charge on any atom is -0.384 e. The molecule has 0 heterocycles. The van der Waals surface area contributed by atoms with E-state index >= 15 is 0 Å². The average Bonchev–Trinajstić information content (AvgIpc) is 3.32. The van der Waals surface area contributed by atoms with E-state index in [0.717, 1.165) is 29.2 Å². The van der Waals surface area contributed by atoms with Crippen LogP contribution < -0.4 is 5.73 Å². The van der Waals surface area contributed by atoms with Crippen LogP contribution in [0.2, 0.25) is 0 Å². The quantitative estimate of drug-likeness (QED) is 0.628. The highest BCUT2D eigenvalue weighted by Crippen LogP contribution is 2.29. The number of ether oxygens (including phenoxy) is 1. The fourth-order valence-corrected chi connectivity index (χ4v) is 2.38. The van der Waals surface area contributed by atoms with Gasteiger partial charge in [-0.25, -0.2) is 0 Å². The second-order valence-electron chi connectivity index (χ2n) is 5.61. The Labute approximate surface area is 125 Å². The van der Waals surface area contributed by atoms with E-state index in [0.29, 0.717) is 6.61 Å². The van der Waals surface area contributed by atoms with Crippen LogP contribution in [-0.2, 0) is 11.3 Å². The molecular weight excluding hydrogens is 260 g/mol. The number of nitrogens with two attached hydrogens (primary N) is 1. The smallest absolute Gasteiger partial charge is 0.123 e. The van der Waals surface area contributed by atoms with Gasteiger partial charge in [-0.2, -0.15) is 0 Å². The molecule has 0 radical (unpaired) electrons. The zero-order chi connectivity index (χ0) is 14.7. The highest BCUT2D eigenvalue weighted by Gasteiger charge is 2.20. The molecule has 3 N–H and O–H groups in total. The van der Waals surface area contributed by atoms with Gasteiger partial charge >= 0.3 is 0 Å². The molecule has 1 aliphatic rings. The third-order valence-electron chi connectivity index (χ3n) is 3.80. The van der Waals surface area contributed by atoms with Crippen LogP contribution in [0.25, 0.3) is 11.1 Å². The van der Waals surface area contributed by atoms with Crippen LogP contribution in [-0.4, -0.2) is 12.4 Å². The molecule has 108 valence electrons. The van der Waals surface area contributed by atoms with Gasteiger partial charge in [0, 0.05) is 12.2 Å². The first-order chi connectivity index (χ1) is 10.2. The van der Waals surface area contributed by atoms with E-state index in [1.54, 1.807) is 0 Å². The van der Waals surface area contributed by atoms with Crippen LogP contribution in [0.4, 0.5) is 0 Å². The van der Waals surface area contributed by atoms with Gasteiger partial charge in [-0.05, 0) is 35.4 Å². The first-order valence-electron chi connectivity index (χ1n) is 7.34. The van der Waals surface area contributed by atoms with Crippen molar-refractivity contribution in [3.05, 3.63) is 59.7 Å². The van der Waals surface area contributed by atoms with Crippen molar-refractivity contribution < 1.29 is 4.74 Å². The maximum absolute atomic E-state index is 7.66. The summed E-state index contributed by atoms with van der Waals surface area (Å²) in [5.41, 5.74) is 9.67. The van der Waals surface area contributed by atoms with Crippen LogP contribution in [0.3, 0.4) is 0 Å². The molecule has 0 amide bonds. The SMILES string of the molecule is N=C(N)c1ccccc1-c1ccc(COCC2CC2)cc1. The van der Waals surface area contributed by atoms with Crippen molar-refractivity contribution in [1.29, 1.82) is 5.41 Å². The highest BCUT2D eigenvalue weighted by molar-refractivity contribution is 6.01. The second-order valence-corrected chi connectivity index (χ2v) is 5.61. The number of rotatable bonds is 6. The van der Waals surface area contributed by atoms with E-state index in [1.807, 2.05) is 24.3 Å². The van der Waals surface area contributed by atoms with E-state index in [1.165, 1.54) is 18.4 Å². The van der Waals surface area contributed by atoms with Gasteiger partial charge in [0.2, 0.25) is 0 Å². The first-order valence-corrected chi connectivity index (χ1v) is 7.34. The minimum absolute atomic E-state index is 0.0995. The second kappa shape index (κ2) is 6.10. The average molecular weight is 280 g/mol. The molecule has 0 aliphatic heterocycles. The van der Waals surface area contributed by atoms with Gasteiger partial charge in [-0.3, -0.25) is 5.41 Å². The Hall–Kier alpha value is -2.13. The van der Waals surface area contributed by atoms with E-state index in [-0.39, 0.29) is 5.84 Å². The molecule has 2 aromatic rings. The zero-order valence-corrected chi connectivity index (χ0v) is 12.0. The van der Waals surface area contributed by atoms with Gasteiger partial charge < -0.3 is 10.5 Å². The summed E-state index contributed by atoms with van der Waals surface area (Å²) in [5, 5.41) is 7.66. The maximum Gasteiger partial charge on any atom is 0.123 e. The Balaban J connectivity index is 1.72. The lowest BCUT2D eigenvalue weighted by atomic mass is 9.98. The predicted octanol–water partition coefficient (Wildman–Crippen LogP) is 3.56. The Morgan fingerprint density at radius 1 is 1.10 bits per heavy atom. The number of amidine groups is 1. The van der Waals surface area contributed by atoms with Crippen molar-refractivity contribution in [2.75, 3.05) is 6.61 Å². The zero-order valence-electron chi connectivity index (χ0n) is 12.0. The number of hydrogen-bond donors (Lipinski definition) is 2. The molecule has 0 saturated heterocycles.